The normalized spacial score (nSPS) is 16.2. The Kier molecular flexibility index (Phi) is 9.14. The number of nitrogens with one attached hydrogen (secondary N) is 1. The quantitative estimate of drug-likeness (QED) is 0.402. The first-order chi connectivity index (χ1) is 18.7. The van der Waals surface area contributed by atoms with Gasteiger partial charge in [-0.2, -0.15) is 0 Å². The smallest absolute Gasteiger partial charge is 0.322 e. The average molecular weight is 572 g/mol. The number of hydrogen-bond donors (Lipinski definition) is 1. The molecule has 0 saturated carbocycles. The lowest BCUT2D eigenvalue weighted by Crippen LogP contribution is -2.51. The maximum Gasteiger partial charge on any atom is 0.322 e. The van der Waals surface area contributed by atoms with E-state index in [1.54, 1.807) is 37.2 Å². The van der Waals surface area contributed by atoms with Gasteiger partial charge in [0.25, 0.3) is 5.91 Å². The molecule has 2 aliphatic rings. The number of para-hydroxylation sites is 1. The molecule has 206 valence electrons. The van der Waals surface area contributed by atoms with Crippen molar-refractivity contribution in [3.8, 4) is 0 Å². The van der Waals surface area contributed by atoms with Crippen molar-refractivity contribution in [1.82, 2.24) is 19.6 Å². The molecule has 11 heteroatoms. The van der Waals surface area contributed by atoms with E-state index in [1.807, 2.05) is 29.2 Å². The van der Waals surface area contributed by atoms with Crippen molar-refractivity contribution in [3.05, 3.63) is 69.8 Å². The van der Waals surface area contributed by atoms with Crippen LogP contribution in [0.4, 0.5) is 10.5 Å². The second kappa shape index (κ2) is 12.5. The highest BCUT2D eigenvalue weighted by atomic mass is 35.5. The maximum absolute atomic E-state index is 13.1. The number of amides is 5. The molecule has 0 bridgehead atoms. The fraction of sp³-hybridized carbons (Fsp3) is 0.357. The predicted molar refractivity (Wildman–Crippen MR) is 151 cm³/mol. The Morgan fingerprint density at radius 1 is 1.05 bits per heavy atom. The molecule has 2 heterocycles. The molecule has 2 aliphatic heterocycles. The number of carbonyl (C=O) groups is 4. The van der Waals surface area contributed by atoms with Gasteiger partial charge in [0.05, 0.1) is 15.6 Å². The monoisotopic (exact) mass is 571 g/mol. The number of urea groups is 1. The molecule has 0 aromatic heterocycles. The highest BCUT2D eigenvalue weighted by molar-refractivity contribution is 6.42. The zero-order valence-corrected chi connectivity index (χ0v) is 23.4. The molecule has 2 aromatic carbocycles. The van der Waals surface area contributed by atoms with Crippen molar-refractivity contribution in [2.45, 2.75) is 25.3 Å². The number of rotatable bonds is 7. The van der Waals surface area contributed by atoms with Crippen molar-refractivity contribution in [1.29, 1.82) is 0 Å². The van der Waals surface area contributed by atoms with E-state index >= 15 is 0 Å². The Morgan fingerprint density at radius 3 is 2.44 bits per heavy atom. The average Bonchev–Trinajstić information content (AvgIpc) is 3.10. The minimum atomic E-state index is -0.355. The van der Waals surface area contributed by atoms with Crippen LogP contribution in [0.1, 0.15) is 24.0 Å². The third-order valence-electron chi connectivity index (χ3n) is 7.02. The van der Waals surface area contributed by atoms with Gasteiger partial charge in [0.2, 0.25) is 12.3 Å². The summed E-state index contributed by atoms with van der Waals surface area (Å²) in [6.07, 6.45) is 3.92. The number of halogens is 2. The van der Waals surface area contributed by atoms with E-state index in [1.165, 1.54) is 11.1 Å². The summed E-state index contributed by atoms with van der Waals surface area (Å²) < 4.78 is 0. The Bertz CT molecular complexity index is 1290. The summed E-state index contributed by atoms with van der Waals surface area (Å²) in [5.74, 6) is -0.596. The zero-order chi connectivity index (χ0) is 28.1. The van der Waals surface area contributed by atoms with Gasteiger partial charge in [-0.1, -0.05) is 47.5 Å². The highest BCUT2D eigenvalue weighted by Crippen LogP contribution is 2.28. The van der Waals surface area contributed by atoms with Crippen LogP contribution >= 0.6 is 23.2 Å². The van der Waals surface area contributed by atoms with Crippen molar-refractivity contribution >= 4 is 58.7 Å². The van der Waals surface area contributed by atoms with Crippen LogP contribution in [0, 0.1) is 0 Å². The predicted octanol–water partition coefficient (Wildman–Crippen LogP) is 3.96. The molecule has 2 aromatic rings. The summed E-state index contributed by atoms with van der Waals surface area (Å²) in [7, 11) is 3.19. The maximum atomic E-state index is 13.1. The van der Waals surface area contributed by atoms with Gasteiger partial charge in [-0.15, -0.1) is 0 Å². The van der Waals surface area contributed by atoms with Crippen molar-refractivity contribution in [3.63, 3.8) is 0 Å². The lowest BCUT2D eigenvalue weighted by molar-refractivity contribution is -0.135. The van der Waals surface area contributed by atoms with Crippen LogP contribution in [0.5, 0.6) is 0 Å². The van der Waals surface area contributed by atoms with E-state index in [0.29, 0.717) is 49.5 Å². The molecule has 0 radical (unpaired) electrons. The number of carbonyl (C=O) groups excluding carboxylic acids is 4. The molecular formula is C28H31Cl2N5O4. The number of likely N-dealkylation sites (N-methyl/N-ethyl adjacent to an activating group) is 1. The molecule has 1 N–H and O–H groups in total. The second-order valence-corrected chi connectivity index (χ2v) is 10.6. The van der Waals surface area contributed by atoms with Gasteiger partial charge >= 0.3 is 6.03 Å². The lowest BCUT2D eigenvalue weighted by Gasteiger charge is -2.38. The first-order valence-corrected chi connectivity index (χ1v) is 13.5. The Labute approximate surface area is 237 Å². The van der Waals surface area contributed by atoms with Crippen molar-refractivity contribution in [2.75, 3.05) is 45.6 Å². The van der Waals surface area contributed by atoms with Crippen LogP contribution in [0.2, 0.25) is 10.0 Å². The molecule has 5 amide bonds. The van der Waals surface area contributed by atoms with E-state index in [-0.39, 0.29) is 41.0 Å². The minimum absolute atomic E-state index is 0.0180. The molecule has 0 aliphatic carbocycles. The summed E-state index contributed by atoms with van der Waals surface area (Å²) in [6, 6.07) is 12.4. The van der Waals surface area contributed by atoms with Crippen LogP contribution in [-0.4, -0.2) is 90.2 Å². The third kappa shape index (κ3) is 6.72. The summed E-state index contributed by atoms with van der Waals surface area (Å²) in [6.45, 7) is 1.32. The molecule has 1 saturated heterocycles. The molecule has 4 rings (SSSR count). The molecular weight excluding hydrogens is 541 g/mol. The standard InChI is InChI=1S/C28H31Cl2N5O4/c1-32(2)27(38)22(20-7-8-23(29)24(30)15-20)16-33(18-36)17-26(37)34-12-10-21(11-13-34)35-14-9-19-5-3-4-6-25(19)31-28(35)39/h3-8,15-16,18,21H,9-14,17H2,1-2H3,(H,31,39)/b22-16-. The first-order valence-electron chi connectivity index (χ1n) is 12.7. The highest BCUT2D eigenvalue weighted by Gasteiger charge is 2.31. The van der Waals surface area contributed by atoms with E-state index < -0.39 is 0 Å². The first kappa shape index (κ1) is 28.4. The van der Waals surface area contributed by atoms with E-state index in [4.69, 9.17) is 23.2 Å². The Hall–Kier alpha value is -3.56. The van der Waals surface area contributed by atoms with Gasteiger partial charge in [-0.25, -0.2) is 4.79 Å². The van der Waals surface area contributed by atoms with Gasteiger partial charge < -0.3 is 24.9 Å². The SMILES string of the molecule is CN(C)C(=O)/C(=C\N(C=O)CC(=O)N1CCC(N2CCc3ccccc3NC2=O)CC1)c1ccc(Cl)c(Cl)c1. The zero-order valence-electron chi connectivity index (χ0n) is 21.9. The fourth-order valence-electron chi connectivity index (χ4n) is 4.86. The number of likely N-dealkylation sites (tertiary alicyclic amines) is 1. The van der Waals surface area contributed by atoms with E-state index in [0.717, 1.165) is 22.6 Å². The molecule has 39 heavy (non-hydrogen) atoms. The molecule has 1 fully saturated rings. The Morgan fingerprint density at radius 2 is 1.77 bits per heavy atom. The Balaban J connectivity index is 1.40. The summed E-state index contributed by atoms with van der Waals surface area (Å²) in [5.41, 5.74) is 2.62. The van der Waals surface area contributed by atoms with Gasteiger partial charge in [-0.3, -0.25) is 14.4 Å². The topological polar surface area (TPSA) is 93.3 Å². The van der Waals surface area contributed by atoms with Gasteiger partial charge in [-0.05, 0) is 48.6 Å². The third-order valence-corrected chi connectivity index (χ3v) is 7.75. The van der Waals surface area contributed by atoms with Gasteiger partial charge in [0, 0.05) is 51.7 Å². The van der Waals surface area contributed by atoms with Crippen molar-refractivity contribution < 1.29 is 19.2 Å². The van der Waals surface area contributed by atoms with Crippen molar-refractivity contribution in [2.24, 2.45) is 0 Å². The number of anilines is 1. The molecule has 0 spiro atoms. The largest absolute Gasteiger partial charge is 0.345 e. The number of benzene rings is 2. The molecule has 0 atom stereocenters. The fourth-order valence-corrected chi connectivity index (χ4v) is 5.16. The lowest BCUT2D eigenvalue weighted by atomic mass is 10.0. The summed E-state index contributed by atoms with van der Waals surface area (Å²) >= 11 is 12.2. The molecule has 0 unspecified atom stereocenters. The minimum Gasteiger partial charge on any atom is -0.345 e. The van der Waals surface area contributed by atoms with E-state index in [2.05, 4.69) is 5.32 Å². The summed E-state index contributed by atoms with van der Waals surface area (Å²) in [4.78, 5) is 56.9. The molecule has 9 nitrogen and oxygen atoms in total. The van der Waals surface area contributed by atoms with Crippen LogP contribution in [0.25, 0.3) is 5.57 Å². The number of fused-ring (bicyclic) bond motifs is 1. The van der Waals surface area contributed by atoms with Gasteiger partial charge in [0.1, 0.15) is 6.54 Å². The van der Waals surface area contributed by atoms with Crippen LogP contribution in [-0.2, 0) is 20.8 Å². The van der Waals surface area contributed by atoms with Crippen LogP contribution in [0.3, 0.4) is 0 Å². The van der Waals surface area contributed by atoms with Gasteiger partial charge in [0.15, 0.2) is 0 Å². The number of piperidine rings is 1. The van der Waals surface area contributed by atoms with E-state index in [9.17, 15) is 19.2 Å². The second-order valence-electron chi connectivity index (χ2n) is 9.79. The number of hydrogen-bond acceptors (Lipinski definition) is 4. The van der Waals surface area contributed by atoms with Crippen LogP contribution in [0.15, 0.2) is 48.7 Å². The van der Waals surface area contributed by atoms with Crippen LogP contribution < -0.4 is 5.32 Å². The summed E-state index contributed by atoms with van der Waals surface area (Å²) in [5, 5.41) is 3.61. The number of nitrogens with zero attached hydrogens (tertiary/aromatic N) is 4.